The van der Waals surface area contributed by atoms with Crippen LogP contribution in [0.5, 0.6) is 5.75 Å². The summed E-state index contributed by atoms with van der Waals surface area (Å²) in [5.41, 5.74) is 0. The van der Waals surface area contributed by atoms with Crippen LogP contribution in [0.4, 0.5) is 8.78 Å². The van der Waals surface area contributed by atoms with Crippen LogP contribution in [0, 0.1) is 0 Å². The molecule has 0 unspecified atom stereocenters. The first-order valence-electron chi connectivity index (χ1n) is 6.06. The molecule has 1 aromatic rings. The second kappa shape index (κ2) is 9.12. The summed E-state index contributed by atoms with van der Waals surface area (Å²) in [4.78, 5) is 0.508. The Labute approximate surface area is 116 Å². The fraction of sp³-hybridized carbons (Fsp3) is 0.538. The first kappa shape index (κ1) is 16.2. The van der Waals surface area contributed by atoms with E-state index < -0.39 is 12.0 Å². The Balaban J connectivity index is 2.43. The number of alkyl halides is 2. The van der Waals surface area contributed by atoms with Gasteiger partial charge in [-0.3, -0.25) is 0 Å². The van der Waals surface area contributed by atoms with Gasteiger partial charge in [0, 0.05) is 18.1 Å². The summed E-state index contributed by atoms with van der Waals surface area (Å²) in [6.45, 7) is 5.10. The molecule has 0 aliphatic rings. The summed E-state index contributed by atoms with van der Waals surface area (Å²) in [5, 5.41) is 0. The third-order valence-electron chi connectivity index (χ3n) is 2.14. The molecule has 0 atom stereocenters. The lowest BCUT2D eigenvalue weighted by atomic mass is 10.3. The quantitative estimate of drug-likeness (QED) is 0.511. The Hall–Kier alpha value is -0.850. The summed E-state index contributed by atoms with van der Waals surface area (Å²) in [7, 11) is 0. The smallest absolute Gasteiger partial charge is 0.288 e. The lowest BCUT2D eigenvalue weighted by Crippen LogP contribution is -2.25. The van der Waals surface area contributed by atoms with Crippen LogP contribution in [0.25, 0.3) is 0 Å². The van der Waals surface area contributed by atoms with Crippen LogP contribution in [0.1, 0.15) is 13.8 Å². The Kier molecular flexibility index (Phi) is 7.78. The second-order valence-electron chi connectivity index (χ2n) is 3.50. The minimum atomic E-state index is -2.41. The highest BCUT2D eigenvalue weighted by Gasteiger charge is 2.09. The van der Waals surface area contributed by atoms with E-state index >= 15 is 0 Å². The van der Waals surface area contributed by atoms with E-state index in [0.29, 0.717) is 35.6 Å². The maximum Gasteiger partial charge on any atom is 0.288 e. The summed E-state index contributed by atoms with van der Waals surface area (Å²) in [6, 6.07) is 6.50. The maximum atomic E-state index is 12.1. The molecule has 0 bridgehead atoms. The molecule has 0 heterocycles. The van der Waals surface area contributed by atoms with Crippen molar-refractivity contribution >= 4 is 11.8 Å². The normalized spacial score (nSPS) is 11.3. The van der Waals surface area contributed by atoms with Gasteiger partial charge in [-0.15, -0.1) is 0 Å². The zero-order chi connectivity index (χ0) is 14.1. The van der Waals surface area contributed by atoms with E-state index in [-0.39, 0.29) is 6.61 Å². The largest absolute Gasteiger partial charge is 0.488 e. The zero-order valence-electron chi connectivity index (χ0n) is 11.0. The standard InChI is InChI=1S/C13H18F2O3S/c1-3-16-12(17-4-2)9-18-10-5-7-11(8-6-10)19-13(14)15/h5-8,12-13H,3-4,9H2,1-2H3. The van der Waals surface area contributed by atoms with Crippen molar-refractivity contribution in [3.63, 3.8) is 0 Å². The van der Waals surface area contributed by atoms with Crippen LogP contribution in [0.3, 0.4) is 0 Å². The molecule has 0 aromatic heterocycles. The highest BCUT2D eigenvalue weighted by Crippen LogP contribution is 2.26. The van der Waals surface area contributed by atoms with Gasteiger partial charge in [-0.2, -0.15) is 8.78 Å². The van der Waals surface area contributed by atoms with Crippen LogP contribution < -0.4 is 4.74 Å². The van der Waals surface area contributed by atoms with Crippen molar-refractivity contribution in [2.24, 2.45) is 0 Å². The third kappa shape index (κ3) is 6.75. The molecule has 0 aliphatic heterocycles. The number of benzene rings is 1. The average molecular weight is 292 g/mol. The molecule has 0 amide bonds. The van der Waals surface area contributed by atoms with Crippen molar-refractivity contribution in [1.29, 1.82) is 0 Å². The Morgan fingerprint density at radius 1 is 1.05 bits per heavy atom. The molecule has 0 saturated carbocycles. The summed E-state index contributed by atoms with van der Waals surface area (Å²) < 4.78 is 40.4. The van der Waals surface area contributed by atoms with E-state index in [0.717, 1.165) is 0 Å². The van der Waals surface area contributed by atoms with Crippen molar-refractivity contribution in [3.05, 3.63) is 24.3 Å². The van der Waals surface area contributed by atoms with Gasteiger partial charge in [0.25, 0.3) is 5.76 Å². The van der Waals surface area contributed by atoms with Gasteiger partial charge < -0.3 is 14.2 Å². The molecule has 0 saturated heterocycles. The van der Waals surface area contributed by atoms with E-state index in [1.807, 2.05) is 13.8 Å². The van der Waals surface area contributed by atoms with Crippen LogP contribution >= 0.6 is 11.8 Å². The van der Waals surface area contributed by atoms with Gasteiger partial charge in [-0.25, -0.2) is 0 Å². The first-order valence-corrected chi connectivity index (χ1v) is 6.94. The number of hydrogen-bond acceptors (Lipinski definition) is 4. The SMILES string of the molecule is CCOC(COc1ccc(SC(F)F)cc1)OCC. The molecule has 19 heavy (non-hydrogen) atoms. The first-order chi connectivity index (χ1) is 9.15. The summed E-state index contributed by atoms with van der Waals surface area (Å²) in [5.74, 6) is -1.81. The van der Waals surface area contributed by atoms with Gasteiger partial charge >= 0.3 is 0 Å². The molecular formula is C13H18F2O3S. The van der Waals surface area contributed by atoms with Crippen molar-refractivity contribution in [1.82, 2.24) is 0 Å². The van der Waals surface area contributed by atoms with Gasteiger partial charge in [0.1, 0.15) is 12.4 Å². The van der Waals surface area contributed by atoms with Crippen molar-refractivity contribution < 1.29 is 23.0 Å². The predicted octanol–water partition coefficient (Wildman–Crippen LogP) is 3.78. The van der Waals surface area contributed by atoms with E-state index in [2.05, 4.69) is 0 Å². The molecule has 1 aromatic carbocycles. The molecule has 0 radical (unpaired) electrons. The molecule has 108 valence electrons. The molecule has 0 N–H and O–H groups in total. The molecule has 0 fully saturated rings. The van der Waals surface area contributed by atoms with Gasteiger partial charge in [0.05, 0.1) is 0 Å². The minimum Gasteiger partial charge on any atom is -0.488 e. The van der Waals surface area contributed by atoms with Crippen LogP contribution in [-0.4, -0.2) is 31.9 Å². The van der Waals surface area contributed by atoms with E-state index in [1.165, 1.54) is 0 Å². The highest BCUT2D eigenvalue weighted by molar-refractivity contribution is 7.99. The molecule has 3 nitrogen and oxygen atoms in total. The third-order valence-corrected chi connectivity index (χ3v) is 2.86. The maximum absolute atomic E-state index is 12.1. The van der Waals surface area contributed by atoms with Gasteiger partial charge in [0.2, 0.25) is 0 Å². The molecular weight excluding hydrogens is 274 g/mol. The van der Waals surface area contributed by atoms with Crippen LogP contribution in [0.2, 0.25) is 0 Å². The van der Waals surface area contributed by atoms with E-state index in [1.54, 1.807) is 24.3 Å². The second-order valence-corrected chi connectivity index (χ2v) is 4.56. The van der Waals surface area contributed by atoms with Crippen molar-refractivity contribution in [2.45, 2.75) is 30.8 Å². The molecule has 6 heteroatoms. The Bertz CT molecular complexity index is 340. The minimum absolute atomic E-state index is 0.267. The van der Waals surface area contributed by atoms with Crippen molar-refractivity contribution in [3.8, 4) is 5.75 Å². The number of rotatable bonds is 9. The summed E-state index contributed by atoms with van der Waals surface area (Å²) >= 11 is 0.510. The Morgan fingerprint density at radius 2 is 1.63 bits per heavy atom. The van der Waals surface area contributed by atoms with Crippen molar-refractivity contribution in [2.75, 3.05) is 19.8 Å². The van der Waals surface area contributed by atoms with E-state index in [4.69, 9.17) is 14.2 Å². The number of thioether (sulfide) groups is 1. The zero-order valence-corrected chi connectivity index (χ0v) is 11.8. The van der Waals surface area contributed by atoms with Gasteiger partial charge in [0.15, 0.2) is 6.29 Å². The van der Waals surface area contributed by atoms with Crippen LogP contribution in [-0.2, 0) is 9.47 Å². The molecule has 0 aliphatic carbocycles. The topological polar surface area (TPSA) is 27.7 Å². The lowest BCUT2D eigenvalue weighted by molar-refractivity contribution is -0.152. The Morgan fingerprint density at radius 3 is 2.11 bits per heavy atom. The summed E-state index contributed by atoms with van der Waals surface area (Å²) in [6.07, 6.45) is -0.412. The predicted molar refractivity (Wildman–Crippen MR) is 70.8 cm³/mol. The average Bonchev–Trinajstić information content (AvgIpc) is 2.37. The number of halogens is 2. The highest BCUT2D eigenvalue weighted by atomic mass is 32.2. The fourth-order valence-corrected chi connectivity index (χ4v) is 1.90. The number of hydrogen-bond donors (Lipinski definition) is 0. The van der Waals surface area contributed by atoms with Gasteiger partial charge in [-0.1, -0.05) is 11.8 Å². The van der Waals surface area contributed by atoms with Crippen LogP contribution in [0.15, 0.2) is 29.2 Å². The fourth-order valence-electron chi connectivity index (χ4n) is 1.40. The van der Waals surface area contributed by atoms with Gasteiger partial charge in [-0.05, 0) is 38.1 Å². The van der Waals surface area contributed by atoms with E-state index in [9.17, 15) is 8.78 Å². The molecule has 1 rings (SSSR count). The molecule has 0 spiro atoms. The lowest BCUT2D eigenvalue weighted by Gasteiger charge is -2.17. The number of ether oxygens (including phenoxy) is 3. The monoisotopic (exact) mass is 292 g/mol.